The van der Waals surface area contributed by atoms with Crippen LogP contribution in [-0.4, -0.2) is 27.9 Å². The number of aromatic nitrogens is 2. The first-order valence-electron chi connectivity index (χ1n) is 10.5. The minimum absolute atomic E-state index is 0.104. The maximum Gasteiger partial charge on any atom is 0.252 e. The SMILES string of the molecule is O=C(Cn1c(CCCNC(=O)c2ccccc2Cl)nc2ccccc21)Nc1ccccc1Cl. The van der Waals surface area contributed by atoms with Gasteiger partial charge in [0, 0.05) is 13.0 Å². The number of anilines is 1. The lowest BCUT2D eigenvalue weighted by atomic mass is 10.2. The Kier molecular flexibility index (Phi) is 7.27. The van der Waals surface area contributed by atoms with E-state index in [0.717, 1.165) is 16.9 Å². The Labute approximate surface area is 201 Å². The van der Waals surface area contributed by atoms with Gasteiger partial charge in [-0.2, -0.15) is 0 Å². The van der Waals surface area contributed by atoms with Crippen molar-refractivity contribution >= 4 is 51.7 Å². The molecule has 3 aromatic carbocycles. The van der Waals surface area contributed by atoms with E-state index >= 15 is 0 Å². The van der Waals surface area contributed by atoms with Crippen LogP contribution in [0.3, 0.4) is 0 Å². The summed E-state index contributed by atoms with van der Waals surface area (Å²) in [5, 5.41) is 6.65. The van der Waals surface area contributed by atoms with Crippen molar-refractivity contribution in [3.8, 4) is 0 Å². The molecule has 0 radical (unpaired) electrons. The summed E-state index contributed by atoms with van der Waals surface area (Å²) >= 11 is 12.3. The number of carbonyl (C=O) groups excluding carboxylic acids is 2. The average molecular weight is 481 g/mol. The van der Waals surface area contributed by atoms with Crippen LogP contribution in [0.25, 0.3) is 11.0 Å². The number of nitrogens with one attached hydrogen (secondary N) is 2. The minimum atomic E-state index is -0.215. The first kappa shape index (κ1) is 22.8. The molecule has 2 N–H and O–H groups in total. The van der Waals surface area contributed by atoms with Gasteiger partial charge in [0.05, 0.1) is 32.3 Å². The third kappa shape index (κ3) is 5.53. The van der Waals surface area contributed by atoms with Gasteiger partial charge in [0.2, 0.25) is 5.91 Å². The molecule has 0 bridgehead atoms. The Morgan fingerprint density at radius 2 is 1.58 bits per heavy atom. The fourth-order valence-electron chi connectivity index (χ4n) is 3.58. The predicted molar refractivity (Wildman–Crippen MR) is 132 cm³/mol. The van der Waals surface area contributed by atoms with E-state index in [-0.39, 0.29) is 18.4 Å². The van der Waals surface area contributed by atoms with Crippen LogP contribution in [0.1, 0.15) is 22.6 Å². The summed E-state index contributed by atoms with van der Waals surface area (Å²) in [4.78, 5) is 29.8. The fourth-order valence-corrected chi connectivity index (χ4v) is 3.98. The number of hydrogen-bond acceptors (Lipinski definition) is 3. The van der Waals surface area contributed by atoms with Gasteiger partial charge in [-0.1, -0.05) is 59.6 Å². The molecule has 168 valence electrons. The summed E-state index contributed by atoms with van der Waals surface area (Å²) in [5.41, 5.74) is 2.71. The number of aryl methyl sites for hydroxylation is 1. The summed E-state index contributed by atoms with van der Waals surface area (Å²) in [7, 11) is 0. The molecule has 33 heavy (non-hydrogen) atoms. The molecule has 0 aliphatic heterocycles. The molecule has 0 saturated heterocycles. The number of amides is 2. The maximum absolute atomic E-state index is 12.7. The molecular weight excluding hydrogens is 459 g/mol. The lowest BCUT2D eigenvalue weighted by Crippen LogP contribution is -2.25. The van der Waals surface area contributed by atoms with Crippen molar-refractivity contribution in [3.05, 3.63) is 94.2 Å². The fraction of sp³-hybridized carbons (Fsp3) is 0.160. The van der Waals surface area contributed by atoms with Crippen molar-refractivity contribution in [2.75, 3.05) is 11.9 Å². The van der Waals surface area contributed by atoms with Crippen LogP contribution in [0.5, 0.6) is 0 Å². The molecule has 0 aliphatic rings. The summed E-state index contributed by atoms with van der Waals surface area (Å²) in [6.45, 7) is 0.562. The van der Waals surface area contributed by atoms with Gasteiger partial charge in [-0.15, -0.1) is 0 Å². The Morgan fingerprint density at radius 3 is 2.36 bits per heavy atom. The number of fused-ring (bicyclic) bond motifs is 1. The number of para-hydroxylation sites is 3. The van der Waals surface area contributed by atoms with E-state index < -0.39 is 0 Å². The van der Waals surface area contributed by atoms with Crippen LogP contribution in [0.15, 0.2) is 72.8 Å². The highest BCUT2D eigenvalue weighted by atomic mass is 35.5. The molecule has 0 unspecified atom stereocenters. The van der Waals surface area contributed by atoms with Gasteiger partial charge in [0.15, 0.2) is 0 Å². The van der Waals surface area contributed by atoms with Crippen molar-refractivity contribution in [2.24, 2.45) is 0 Å². The number of rotatable bonds is 8. The Morgan fingerprint density at radius 1 is 0.879 bits per heavy atom. The number of carbonyl (C=O) groups is 2. The topological polar surface area (TPSA) is 76.0 Å². The quantitative estimate of drug-likeness (QED) is 0.334. The van der Waals surface area contributed by atoms with Gasteiger partial charge in [-0.05, 0) is 42.8 Å². The maximum atomic E-state index is 12.7. The lowest BCUT2D eigenvalue weighted by molar-refractivity contribution is -0.116. The molecule has 0 spiro atoms. The molecule has 2 amide bonds. The van der Waals surface area contributed by atoms with E-state index in [0.29, 0.717) is 40.7 Å². The molecule has 1 aromatic heterocycles. The number of hydrogen-bond donors (Lipinski definition) is 2. The van der Waals surface area contributed by atoms with E-state index in [2.05, 4.69) is 10.6 Å². The second kappa shape index (κ2) is 10.5. The van der Waals surface area contributed by atoms with E-state index in [1.165, 1.54) is 0 Å². The van der Waals surface area contributed by atoms with Gasteiger partial charge >= 0.3 is 0 Å². The van der Waals surface area contributed by atoms with Crippen molar-refractivity contribution < 1.29 is 9.59 Å². The number of halogens is 2. The van der Waals surface area contributed by atoms with Gasteiger partial charge < -0.3 is 15.2 Å². The largest absolute Gasteiger partial charge is 0.352 e. The third-order valence-electron chi connectivity index (χ3n) is 5.16. The zero-order valence-corrected chi connectivity index (χ0v) is 19.2. The van der Waals surface area contributed by atoms with Gasteiger partial charge in [0.1, 0.15) is 12.4 Å². The number of benzene rings is 3. The molecular formula is C25H22Cl2N4O2. The first-order valence-corrected chi connectivity index (χ1v) is 11.3. The molecule has 0 aliphatic carbocycles. The zero-order chi connectivity index (χ0) is 23.2. The molecule has 0 atom stereocenters. The van der Waals surface area contributed by atoms with Gasteiger partial charge in [0.25, 0.3) is 5.91 Å². The van der Waals surface area contributed by atoms with Crippen LogP contribution < -0.4 is 10.6 Å². The summed E-state index contributed by atoms with van der Waals surface area (Å²) in [6.07, 6.45) is 1.25. The minimum Gasteiger partial charge on any atom is -0.352 e. The van der Waals surface area contributed by atoms with Crippen LogP contribution in [0.2, 0.25) is 10.0 Å². The third-order valence-corrected chi connectivity index (χ3v) is 5.82. The standard InChI is InChI=1S/C25H22Cl2N4O2/c26-18-9-2-1-8-17(18)25(33)28-15-7-14-23-29-21-12-5-6-13-22(21)31(23)16-24(32)30-20-11-4-3-10-19(20)27/h1-6,8-13H,7,14-16H2,(H,28,33)(H,30,32). The summed E-state index contributed by atoms with van der Waals surface area (Å²) in [5.74, 6) is 0.366. The average Bonchev–Trinajstić information content (AvgIpc) is 3.15. The van der Waals surface area contributed by atoms with E-state index in [1.54, 1.807) is 36.4 Å². The van der Waals surface area contributed by atoms with E-state index in [1.807, 2.05) is 41.0 Å². The second-order valence-corrected chi connectivity index (χ2v) is 8.28. The van der Waals surface area contributed by atoms with Crippen molar-refractivity contribution in [2.45, 2.75) is 19.4 Å². The van der Waals surface area contributed by atoms with Crippen LogP contribution >= 0.6 is 23.2 Å². The highest BCUT2D eigenvalue weighted by molar-refractivity contribution is 6.34. The van der Waals surface area contributed by atoms with Crippen LogP contribution in [0, 0.1) is 0 Å². The van der Waals surface area contributed by atoms with Crippen LogP contribution in [-0.2, 0) is 17.8 Å². The van der Waals surface area contributed by atoms with Gasteiger partial charge in [-0.3, -0.25) is 9.59 Å². The Bertz CT molecular complexity index is 1300. The van der Waals surface area contributed by atoms with Crippen molar-refractivity contribution in [1.29, 1.82) is 0 Å². The van der Waals surface area contributed by atoms with Crippen molar-refractivity contribution in [3.63, 3.8) is 0 Å². The molecule has 4 rings (SSSR count). The lowest BCUT2D eigenvalue weighted by Gasteiger charge is -2.11. The predicted octanol–water partition coefficient (Wildman–Crippen LogP) is 5.34. The normalized spacial score (nSPS) is 10.8. The number of nitrogens with zero attached hydrogens (tertiary/aromatic N) is 2. The molecule has 1 heterocycles. The molecule has 0 saturated carbocycles. The summed E-state index contributed by atoms with van der Waals surface area (Å²) < 4.78 is 1.90. The van der Waals surface area contributed by atoms with Crippen LogP contribution in [0.4, 0.5) is 5.69 Å². The van der Waals surface area contributed by atoms with Gasteiger partial charge in [-0.25, -0.2) is 4.98 Å². The zero-order valence-electron chi connectivity index (χ0n) is 17.7. The monoisotopic (exact) mass is 480 g/mol. The van der Waals surface area contributed by atoms with E-state index in [9.17, 15) is 9.59 Å². The van der Waals surface area contributed by atoms with Crippen molar-refractivity contribution in [1.82, 2.24) is 14.9 Å². The highest BCUT2D eigenvalue weighted by Crippen LogP contribution is 2.22. The molecule has 6 nitrogen and oxygen atoms in total. The molecule has 4 aromatic rings. The highest BCUT2D eigenvalue weighted by Gasteiger charge is 2.15. The molecule has 8 heteroatoms. The van der Waals surface area contributed by atoms with E-state index in [4.69, 9.17) is 28.2 Å². The Hall–Kier alpha value is -3.35. The Balaban J connectivity index is 1.43. The summed E-state index contributed by atoms with van der Waals surface area (Å²) in [6, 6.07) is 21.7. The smallest absolute Gasteiger partial charge is 0.252 e. The first-order chi connectivity index (χ1) is 16.0. The number of imidazole rings is 1. The molecule has 0 fully saturated rings. The second-order valence-electron chi connectivity index (χ2n) is 7.47.